The minimum atomic E-state index is -0.907. The van der Waals surface area contributed by atoms with Crippen molar-refractivity contribution in [2.45, 2.75) is 12.1 Å². The predicted molar refractivity (Wildman–Crippen MR) is 101 cm³/mol. The largest absolute Gasteiger partial charge is 0.352 e. The van der Waals surface area contributed by atoms with Crippen LogP contribution in [0.1, 0.15) is 15.9 Å². The lowest BCUT2D eigenvalue weighted by Crippen LogP contribution is -2.47. The summed E-state index contributed by atoms with van der Waals surface area (Å²) in [5, 5.41) is 2.63. The second-order valence-electron chi connectivity index (χ2n) is 7.15. The summed E-state index contributed by atoms with van der Waals surface area (Å²) in [4.78, 5) is 40.3. The van der Waals surface area contributed by atoms with Crippen molar-refractivity contribution in [3.8, 4) is 0 Å². The topological polar surface area (TPSA) is 66.5 Å². The van der Waals surface area contributed by atoms with Crippen molar-refractivity contribution in [2.75, 3.05) is 4.90 Å². The molecule has 1 N–H and O–H groups in total. The molecule has 0 saturated carbocycles. The number of nitrogens with zero attached hydrogens (tertiary/aromatic N) is 1. The van der Waals surface area contributed by atoms with Gasteiger partial charge in [-0.3, -0.25) is 19.7 Å². The van der Waals surface area contributed by atoms with Crippen LogP contribution in [0.4, 0.5) is 10.1 Å². The molecule has 3 aliphatic heterocycles. The third-order valence-electron chi connectivity index (χ3n) is 5.72. The molecule has 4 atom stereocenters. The summed E-state index contributed by atoms with van der Waals surface area (Å²) in [6.45, 7) is 0. The van der Waals surface area contributed by atoms with Gasteiger partial charge in [-0.05, 0) is 30.3 Å². The maximum atomic E-state index is 13.7. The van der Waals surface area contributed by atoms with Gasteiger partial charge in [0, 0.05) is 16.8 Å². The van der Waals surface area contributed by atoms with Crippen LogP contribution in [0.25, 0.3) is 6.08 Å². The van der Waals surface area contributed by atoms with Crippen LogP contribution in [0.2, 0.25) is 5.02 Å². The van der Waals surface area contributed by atoms with Crippen LogP contribution in [0, 0.1) is 17.7 Å². The number of hydrogen-bond donors (Lipinski definition) is 1. The fourth-order valence-corrected chi connectivity index (χ4v) is 4.81. The van der Waals surface area contributed by atoms with E-state index in [0.717, 1.165) is 0 Å². The highest BCUT2D eigenvalue weighted by Gasteiger charge is 2.61. The normalized spacial score (nSPS) is 27.3. The molecule has 0 aliphatic carbocycles. The van der Waals surface area contributed by atoms with Crippen LogP contribution in [-0.2, 0) is 9.59 Å². The first-order valence-corrected chi connectivity index (χ1v) is 9.25. The molecule has 0 bridgehead atoms. The SMILES string of the molecule is O=C1NC(=O)[C@H]2[C@H]1[C@H]1C=Cc3cc(F)ccc3N1[C@@H]2C(=O)c1ccccc1Cl. The Balaban J connectivity index is 1.69. The van der Waals surface area contributed by atoms with Gasteiger partial charge in [0.25, 0.3) is 0 Å². The Labute approximate surface area is 164 Å². The summed E-state index contributed by atoms with van der Waals surface area (Å²) >= 11 is 6.23. The third-order valence-corrected chi connectivity index (χ3v) is 6.05. The summed E-state index contributed by atoms with van der Waals surface area (Å²) in [6, 6.07) is 9.51. The molecule has 7 heteroatoms. The van der Waals surface area contributed by atoms with Gasteiger partial charge in [0.1, 0.15) is 11.9 Å². The zero-order chi connectivity index (χ0) is 19.6. The van der Waals surface area contributed by atoms with E-state index < -0.39 is 41.6 Å². The molecule has 2 aromatic carbocycles. The number of ketones is 1. The average molecular weight is 397 g/mol. The summed E-state index contributed by atoms with van der Waals surface area (Å²) < 4.78 is 13.7. The van der Waals surface area contributed by atoms with Gasteiger partial charge >= 0.3 is 0 Å². The van der Waals surface area contributed by atoms with Gasteiger partial charge in [-0.15, -0.1) is 0 Å². The number of carbonyl (C=O) groups is 3. The van der Waals surface area contributed by atoms with Crippen LogP contribution in [0.5, 0.6) is 0 Å². The first-order chi connectivity index (χ1) is 13.5. The summed E-state index contributed by atoms with van der Waals surface area (Å²) in [7, 11) is 0. The van der Waals surface area contributed by atoms with Crippen LogP contribution in [0.15, 0.2) is 48.5 Å². The number of imide groups is 1. The van der Waals surface area contributed by atoms with E-state index in [1.165, 1.54) is 12.1 Å². The molecule has 0 radical (unpaired) electrons. The number of carbonyl (C=O) groups excluding carboxylic acids is 3. The average Bonchev–Trinajstić information content (AvgIpc) is 3.17. The van der Waals surface area contributed by atoms with Gasteiger partial charge in [-0.2, -0.15) is 0 Å². The van der Waals surface area contributed by atoms with Crippen LogP contribution >= 0.6 is 11.6 Å². The van der Waals surface area contributed by atoms with E-state index in [9.17, 15) is 18.8 Å². The quantitative estimate of drug-likeness (QED) is 0.626. The number of fused-ring (bicyclic) bond motifs is 5. The van der Waals surface area contributed by atoms with Crippen molar-refractivity contribution >= 4 is 41.0 Å². The monoisotopic (exact) mass is 396 g/mol. The van der Waals surface area contributed by atoms with E-state index in [2.05, 4.69) is 5.32 Å². The number of nitrogens with one attached hydrogen (secondary N) is 1. The van der Waals surface area contributed by atoms with E-state index in [0.29, 0.717) is 16.8 Å². The summed E-state index contributed by atoms with van der Waals surface area (Å²) in [5.41, 5.74) is 1.51. The standard InChI is InChI=1S/C21H14ClFN2O3/c22-13-4-2-1-3-12(13)19(26)18-17-16(20(27)24-21(17)28)15-7-5-10-9-11(23)6-8-14(10)25(15)18/h1-9,15-18H,(H,24,27,28)/t15-,16-,17+,18+/m1/s1. The van der Waals surface area contributed by atoms with Gasteiger partial charge in [0.15, 0.2) is 5.78 Å². The molecule has 3 heterocycles. The van der Waals surface area contributed by atoms with Crippen LogP contribution in [0.3, 0.4) is 0 Å². The molecule has 140 valence electrons. The molecule has 0 spiro atoms. The smallest absolute Gasteiger partial charge is 0.233 e. The van der Waals surface area contributed by atoms with Crippen LogP contribution < -0.4 is 10.2 Å². The van der Waals surface area contributed by atoms with Crippen molar-refractivity contribution < 1.29 is 18.8 Å². The second-order valence-corrected chi connectivity index (χ2v) is 7.56. The lowest BCUT2D eigenvalue weighted by Gasteiger charge is -2.35. The number of benzene rings is 2. The number of amides is 2. The second kappa shape index (κ2) is 6.01. The predicted octanol–water partition coefficient (Wildman–Crippen LogP) is 2.83. The van der Waals surface area contributed by atoms with E-state index in [-0.39, 0.29) is 10.8 Å². The molecule has 28 heavy (non-hydrogen) atoms. The molecule has 2 aromatic rings. The fourth-order valence-electron chi connectivity index (χ4n) is 4.58. The van der Waals surface area contributed by atoms with Gasteiger partial charge in [0.2, 0.25) is 11.8 Å². The number of hydrogen-bond acceptors (Lipinski definition) is 4. The van der Waals surface area contributed by atoms with Gasteiger partial charge in [-0.1, -0.05) is 35.9 Å². The maximum Gasteiger partial charge on any atom is 0.233 e. The molecular formula is C21H14ClFN2O3. The van der Waals surface area contributed by atoms with Gasteiger partial charge in [0.05, 0.1) is 22.9 Å². The Morgan fingerprint density at radius 3 is 2.61 bits per heavy atom. The highest BCUT2D eigenvalue weighted by atomic mass is 35.5. The van der Waals surface area contributed by atoms with E-state index in [1.807, 2.05) is 0 Å². The van der Waals surface area contributed by atoms with E-state index in [4.69, 9.17) is 11.6 Å². The molecule has 0 aromatic heterocycles. The van der Waals surface area contributed by atoms with Crippen molar-refractivity contribution in [3.63, 3.8) is 0 Å². The molecule has 2 amide bonds. The Kier molecular flexibility index (Phi) is 3.67. The first kappa shape index (κ1) is 17.1. The van der Waals surface area contributed by atoms with Crippen molar-refractivity contribution in [2.24, 2.45) is 11.8 Å². The molecule has 0 unspecified atom stereocenters. The van der Waals surface area contributed by atoms with Gasteiger partial charge in [-0.25, -0.2) is 4.39 Å². The first-order valence-electron chi connectivity index (χ1n) is 8.87. The lowest BCUT2D eigenvalue weighted by molar-refractivity contribution is -0.126. The minimum absolute atomic E-state index is 0.282. The highest BCUT2D eigenvalue weighted by Crippen LogP contribution is 2.47. The third kappa shape index (κ3) is 2.27. The number of rotatable bonds is 2. The molecule has 5 rings (SSSR count). The minimum Gasteiger partial charge on any atom is -0.352 e. The zero-order valence-electron chi connectivity index (χ0n) is 14.4. The molecular weight excluding hydrogens is 383 g/mol. The van der Waals surface area contributed by atoms with E-state index in [1.54, 1.807) is 47.4 Å². The molecule has 3 aliphatic rings. The Morgan fingerprint density at radius 2 is 1.82 bits per heavy atom. The molecule has 2 saturated heterocycles. The summed E-state index contributed by atoms with van der Waals surface area (Å²) in [6.07, 6.45) is 3.49. The Hall–Kier alpha value is -2.99. The number of anilines is 1. The van der Waals surface area contributed by atoms with E-state index >= 15 is 0 Å². The van der Waals surface area contributed by atoms with Crippen molar-refractivity contribution in [1.29, 1.82) is 0 Å². The zero-order valence-corrected chi connectivity index (χ0v) is 15.2. The van der Waals surface area contributed by atoms with Crippen molar-refractivity contribution in [3.05, 3.63) is 70.5 Å². The van der Waals surface area contributed by atoms with Crippen LogP contribution in [-0.4, -0.2) is 29.7 Å². The van der Waals surface area contributed by atoms with Gasteiger partial charge < -0.3 is 4.90 Å². The molecule has 5 nitrogen and oxygen atoms in total. The van der Waals surface area contributed by atoms with Crippen molar-refractivity contribution in [1.82, 2.24) is 5.32 Å². The summed E-state index contributed by atoms with van der Waals surface area (Å²) in [5.74, 6) is -3.11. The fraction of sp³-hybridized carbons (Fsp3) is 0.190. The highest BCUT2D eigenvalue weighted by molar-refractivity contribution is 6.34. The Morgan fingerprint density at radius 1 is 1.07 bits per heavy atom. The lowest BCUT2D eigenvalue weighted by atomic mass is 9.86. The number of halogens is 2. The Bertz CT molecular complexity index is 1080. The maximum absolute atomic E-state index is 13.7. The number of Topliss-reactive ketones (excluding diaryl/α,β-unsaturated/α-hetero) is 1. The molecule has 2 fully saturated rings.